The minimum atomic E-state index is -4.55. The second-order valence-electron chi connectivity index (χ2n) is 11.3. The van der Waals surface area contributed by atoms with Gasteiger partial charge in [0, 0.05) is 19.6 Å². The van der Waals surface area contributed by atoms with Crippen LogP contribution in [-0.4, -0.2) is 59.4 Å². The zero-order valence-electron chi connectivity index (χ0n) is 20.0. The molecule has 0 aromatic heterocycles. The van der Waals surface area contributed by atoms with Gasteiger partial charge in [0.05, 0.1) is 18.3 Å². The predicted octanol–water partition coefficient (Wildman–Crippen LogP) is 5.21. The third-order valence-electron chi connectivity index (χ3n) is 8.87. The maximum atomic E-state index is 12.6. The summed E-state index contributed by atoms with van der Waals surface area (Å²) in [4.78, 5) is 2.15. The molecule has 3 aliphatic carbocycles. The highest BCUT2D eigenvalue weighted by molar-refractivity contribution is 5.26. The molecule has 4 rings (SSSR count). The molecule has 0 radical (unpaired) electrons. The lowest BCUT2D eigenvalue weighted by Crippen LogP contribution is -2.39. The Morgan fingerprint density at radius 1 is 1.15 bits per heavy atom. The lowest BCUT2D eigenvalue weighted by molar-refractivity contribution is -0.340. The molecule has 1 unspecified atom stereocenters. The monoisotopic (exact) mass is 471 g/mol. The van der Waals surface area contributed by atoms with Gasteiger partial charge < -0.3 is 15.1 Å². The normalized spacial score (nSPS) is 41.6. The second kappa shape index (κ2) is 10.00. The summed E-state index contributed by atoms with van der Waals surface area (Å²) in [5, 5.41) is 19.9. The maximum absolute atomic E-state index is 12.6. The van der Waals surface area contributed by atoms with Crippen molar-refractivity contribution in [1.82, 2.24) is 4.90 Å². The summed E-state index contributed by atoms with van der Waals surface area (Å²) >= 11 is 0. The predicted molar refractivity (Wildman–Crippen MR) is 121 cm³/mol. The molecule has 1 aliphatic heterocycles. The van der Waals surface area contributed by atoms with Gasteiger partial charge in [0.25, 0.3) is 0 Å². The number of likely N-dealkylation sites (tertiary alicyclic amines) is 1. The first kappa shape index (κ1) is 25.2. The van der Waals surface area contributed by atoms with Crippen LogP contribution in [0.4, 0.5) is 13.2 Å². The van der Waals surface area contributed by atoms with Gasteiger partial charge in [-0.25, -0.2) is 0 Å². The molecule has 2 N–H and O–H groups in total. The summed E-state index contributed by atoms with van der Waals surface area (Å²) < 4.78 is 41.9. The summed E-state index contributed by atoms with van der Waals surface area (Å²) in [5.74, 6) is 1.56. The molecule has 0 spiro atoms. The molecule has 0 aromatic rings. The van der Waals surface area contributed by atoms with Crippen molar-refractivity contribution < 1.29 is 28.1 Å². The fourth-order valence-corrected chi connectivity index (χ4v) is 7.53. The first-order chi connectivity index (χ1) is 15.5. The summed E-state index contributed by atoms with van der Waals surface area (Å²) in [5.41, 5.74) is 2.86. The smallest absolute Gasteiger partial charge is 0.393 e. The number of ether oxygens (including phenoxy) is 1. The summed E-state index contributed by atoms with van der Waals surface area (Å²) in [6.45, 7) is 6.59. The van der Waals surface area contributed by atoms with E-state index in [-0.39, 0.29) is 5.41 Å². The Hall–Kier alpha value is -0.890. The molecule has 33 heavy (non-hydrogen) atoms. The van der Waals surface area contributed by atoms with E-state index in [1.807, 2.05) is 0 Å². The van der Waals surface area contributed by atoms with E-state index in [1.165, 1.54) is 31.3 Å². The van der Waals surface area contributed by atoms with Crippen molar-refractivity contribution in [2.24, 2.45) is 23.2 Å². The number of allylic oxidation sites excluding steroid dienone is 3. The molecular formula is C26H40F3NO3. The second-order valence-corrected chi connectivity index (χ2v) is 11.3. The molecule has 188 valence electrons. The van der Waals surface area contributed by atoms with Gasteiger partial charge in [0.2, 0.25) is 0 Å². The van der Waals surface area contributed by atoms with Crippen LogP contribution >= 0.6 is 0 Å². The average molecular weight is 472 g/mol. The van der Waals surface area contributed by atoms with Crippen molar-refractivity contribution >= 4 is 0 Å². The van der Waals surface area contributed by atoms with Crippen LogP contribution in [-0.2, 0) is 4.74 Å². The highest BCUT2D eigenvalue weighted by Gasteiger charge is 2.51. The number of fused-ring (bicyclic) bond motifs is 1. The highest BCUT2D eigenvalue weighted by Crippen LogP contribution is 2.59. The third kappa shape index (κ3) is 6.03. The van der Waals surface area contributed by atoms with Crippen LogP contribution in [0, 0.1) is 23.2 Å². The Labute approximate surface area is 195 Å². The van der Waals surface area contributed by atoms with Gasteiger partial charge in [0.1, 0.15) is 0 Å². The number of halogens is 3. The van der Waals surface area contributed by atoms with Gasteiger partial charge in [-0.2, -0.15) is 0 Å². The standard InChI is InChI=1S/C26H40F3NO3/c1-17(15-30-11-9-22(16-30)33-26(27,28)29)23-7-8-24-19(4-3-10-25(23,24)2)6-5-18-12-20(31)14-21(32)13-18/h5-6,17,20-24,31-32H,3-4,7-16H2,1-2H3/b18-5?,19-6+/t17?,20-,21+,22-,23+,24-,25+/m0/s1. The first-order valence-corrected chi connectivity index (χ1v) is 12.7. The summed E-state index contributed by atoms with van der Waals surface area (Å²) in [7, 11) is 0. The van der Waals surface area contributed by atoms with Gasteiger partial charge in [-0.3, -0.25) is 4.74 Å². The molecular weight excluding hydrogens is 431 g/mol. The zero-order chi connectivity index (χ0) is 23.8. The van der Waals surface area contributed by atoms with Crippen LogP contribution in [0.15, 0.2) is 23.3 Å². The lowest BCUT2D eigenvalue weighted by atomic mass is 9.61. The van der Waals surface area contributed by atoms with Crippen molar-refractivity contribution in [3.8, 4) is 0 Å². The van der Waals surface area contributed by atoms with Crippen molar-refractivity contribution in [3.05, 3.63) is 23.3 Å². The van der Waals surface area contributed by atoms with Gasteiger partial charge in [-0.15, -0.1) is 13.2 Å². The van der Waals surface area contributed by atoms with Crippen molar-refractivity contribution in [2.45, 2.75) is 96.3 Å². The minimum Gasteiger partial charge on any atom is -0.393 e. The van der Waals surface area contributed by atoms with E-state index < -0.39 is 24.7 Å². The average Bonchev–Trinajstić information content (AvgIpc) is 3.27. The quantitative estimate of drug-likeness (QED) is 0.578. The minimum absolute atomic E-state index is 0.231. The summed E-state index contributed by atoms with van der Waals surface area (Å²) in [6.07, 6.45) is 6.28. The molecule has 3 saturated carbocycles. The topological polar surface area (TPSA) is 52.9 Å². The van der Waals surface area contributed by atoms with Crippen molar-refractivity contribution in [3.63, 3.8) is 0 Å². The highest BCUT2D eigenvalue weighted by atomic mass is 19.4. The van der Waals surface area contributed by atoms with E-state index in [1.54, 1.807) is 0 Å². The number of alkyl halides is 3. The van der Waals surface area contributed by atoms with Gasteiger partial charge >= 0.3 is 6.36 Å². The van der Waals surface area contributed by atoms with E-state index in [0.717, 1.165) is 18.5 Å². The Morgan fingerprint density at radius 3 is 2.58 bits per heavy atom. The molecule has 1 heterocycles. The molecule has 4 aliphatic rings. The molecule has 0 bridgehead atoms. The first-order valence-electron chi connectivity index (χ1n) is 12.7. The van der Waals surface area contributed by atoms with Crippen LogP contribution in [0.2, 0.25) is 0 Å². The molecule has 4 nitrogen and oxygen atoms in total. The SMILES string of the molecule is CC(CN1CC[C@H](OC(F)(F)F)C1)[C@H]1CC[C@H]2/C(=C/C=C3C[C@@H](O)C[C@@H](O)C3)CCC[C@]12C. The summed E-state index contributed by atoms with van der Waals surface area (Å²) in [6, 6.07) is 0. The van der Waals surface area contributed by atoms with E-state index in [4.69, 9.17) is 0 Å². The van der Waals surface area contributed by atoms with Gasteiger partial charge in [-0.05, 0) is 81.0 Å². The van der Waals surface area contributed by atoms with Gasteiger partial charge in [-0.1, -0.05) is 37.1 Å². The number of hydrogen-bond donors (Lipinski definition) is 2. The van der Waals surface area contributed by atoms with Crippen LogP contribution < -0.4 is 0 Å². The van der Waals surface area contributed by atoms with Gasteiger partial charge in [0.15, 0.2) is 0 Å². The van der Waals surface area contributed by atoms with E-state index in [0.29, 0.717) is 56.5 Å². The number of rotatable bonds is 5. The number of aliphatic hydroxyl groups excluding tert-OH is 2. The lowest BCUT2D eigenvalue weighted by Gasteiger charge is -2.45. The fraction of sp³-hybridized carbons (Fsp3) is 0.846. The van der Waals surface area contributed by atoms with E-state index in [9.17, 15) is 23.4 Å². The molecule has 0 amide bonds. The van der Waals surface area contributed by atoms with Crippen LogP contribution in [0.1, 0.15) is 71.6 Å². The third-order valence-corrected chi connectivity index (χ3v) is 8.87. The van der Waals surface area contributed by atoms with Crippen molar-refractivity contribution in [1.29, 1.82) is 0 Å². The van der Waals surface area contributed by atoms with Crippen LogP contribution in [0.3, 0.4) is 0 Å². The van der Waals surface area contributed by atoms with Crippen molar-refractivity contribution in [2.75, 3.05) is 19.6 Å². The van der Waals surface area contributed by atoms with Crippen LogP contribution in [0.25, 0.3) is 0 Å². The zero-order valence-corrected chi connectivity index (χ0v) is 20.0. The largest absolute Gasteiger partial charge is 0.522 e. The van der Waals surface area contributed by atoms with Crippen LogP contribution in [0.5, 0.6) is 0 Å². The van der Waals surface area contributed by atoms with E-state index >= 15 is 0 Å². The molecule has 0 aromatic carbocycles. The van der Waals surface area contributed by atoms with E-state index in [2.05, 4.69) is 35.6 Å². The number of nitrogens with zero attached hydrogens (tertiary/aromatic N) is 1. The Kier molecular flexibility index (Phi) is 7.64. The molecule has 7 atom stereocenters. The number of hydrogen-bond acceptors (Lipinski definition) is 4. The maximum Gasteiger partial charge on any atom is 0.522 e. The Balaban J connectivity index is 1.38. The number of aliphatic hydroxyl groups is 2. The Morgan fingerprint density at radius 2 is 1.88 bits per heavy atom. The molecule has 7 heteroatoms. The molecule has 1 saturated heterocycles. The molecule has 4 fully saturated rings. The Bertz CT molecular complexity index is 740. The fourth-order valence-electron chi connectivity index (χ4n) is 7.53.